The molecule has 7 heteroatoms. The van der Waals surface area contributed by atoms with Crippen molar-refractivity contribution in [1.29, 1.82) is 0 Å². The van der Waals surface area contributed by atoms with Gasteiger partial charge in [-0.3, -0.25) is 0 Å². The molecule has 0 spiro atoms. The average Bonchev–Trinajstić information content (AvgIpc) is 3.03. The van der Waals surface area contributed by atoms with Crippen molar-refractivity contribution in [3.05, 3.63) is 65.4 Å². The minimum Gasteiger partial charge on any atom is -0.465 e. The molecule has 2 aromatic carbocycles. The fourth-order valence-electron chi connectivity index (χ4n) is 2.71. The monoisotopic (exact) mass is 349 g/mol. The van der Waals surface area contributed by atoms with Gasteiger partial charge in [0.25, 0.3) is 0 Å². The van der Waals surface area contributed by atoms with Crippen molar-refractivity contribution >= 4 is 16.9 Å². The van der Waals surface area contributed by atoms with Crippen LogP contribution in [0, 0.1) is 0 Å². The number of hydrogen-bond donors (Lipinski definition) is 1. The number of alkyl halides is 3. The Hall–Kier alpha value is -2.96. The molecule has 0 aliphatic rings. The summed E-state index contributed by atoms with van der Waals surface area (Å²) in [4.78, 5) is 14.8. The standard InChI is InChI=1S/C18H14F3NO3/c1-24-17(23)13-9-12(14-6-7-22-15(14)10-13)8-11-4-2-3-5-16(11)25-18(19,20)21/h2-7,9-10,22H,8H2,1H3. The molecule has 0 bridgehead atoms. The lowest BCUT2D eigenvalue weighted by Gasteiger charge is -2.14. The van der Waals surface area contributed by atoms with E-state index in [0.717, 1.165) is 5.39 Å². The second-order valence-corrected chi connectivity index (χ2v) is 5.40. The number of halogens is 3. The molecule has 1 aromatic heterocycles. The fourth-order valence-corrected chi connectivity index (χ4v) is 2.71. The first-order chi connectivity index (χ1) is 11.9. The topological polar surface area (TPSA) is 51.3 Å². The highest BCUT2D eigenvalue weighted by Gasteiger charge is 2.32. The summed E-state index contributed by atoms with van der Waals surface area (Å²) in [6.45, 7) is 0. The Morgan fingerprint density at radius 3 is 2.60 bits per heavy atom. The molecule has 25 heavy (non-hydrogen) atoms. The van der Waals surface area contributed by atoms with Gasteiger partial charge in [0.05, 0.1) is 12.7 Å². The van der Waals surface area contributed by atoms with Gasteiger partial charge in [0.1, 0.15) is 5.75 Å². The number of rotatable bonds is 4. The first-order valence-electron chi connectivity index (χ1n) is 7.39. The normalized spacial score (nSPS) is 11.5. The van der Waals surface area contributed by atoms with Gasteiger partial charge < -0.3 is 14.5 Å². The highest BCUT2D eigenvalue weighted by Crippen LogP contribution is 2.30. The van der Waals surface area contributed by atoms with Crippen LogP contribution in [-0.4, -0.2) is 24.4 Å². The third-order valence-electron chi connectivity index (χ3n) is 3.75. The van der Waals surface area contributed by atoms with Crippen molar-refractivity contribution in [2.75, 3.05) is 7.11 Å². The van der Waals surface area contributed by atoms with Crippen LogP contribution in [0.3, 0.4) is 0 Å². The molecule has 0 aliphatic heterocycles. The quantitative estimate of drug-likeness (QED) is 0.708. The number of aromatic amines is 1. The van der Waals surface area contributed by atoms with Crippen molar-refractivity contribution in [2.24, 2.45) is 0 Å². The van der Waals surface area contributed by atoms with Gasteiger partial charge in [0.15, 0.2) is 0 Å². The number of benzene rings is 2. The number of fused-ring (bicyclic) bond motifs is 1. The van der Waals surface area contributed by atoms with Crippen LogP contribution in [0.15, 0.2) is 48.7 Å². The van der Waals surface area contributed by atoms with Crippen molar-refractivity contribution in [3.8, 4) is 5.75 Å². The fraction of sp³-hybridized carbons (Fsp3) is 0.167. The van der Waals surface area contributed by atoms with E-state index in [1.807, 2.05) is 0 Å². The van der Waals surface area contributed by atoms with Crippen molar-refractivity contribution < 1.29 is 27.4 Å². The average molecular weight is 349 g/mol. The number of carbonyl (C=O) groups is 1. The van der Waals surface area contributed by atoms with E-state index >= 15 is 0 Å². The summed E-state index contributed by atoms with van der Waals surface area (Å²) in [6.07, 6.45) is -2.90. The van der Waals surface area contributed by atoms with Gasteiger partial charge in [0, 0.05) is 23.5 Å². The number of H-pyrrole nitrogens is 1. The summed E-state index contributed by atoms with van der Waals surface area (Å²) in [5.74, 6) is -0.778. The largest absolute Gasteiger partial charge is 0.573 e. The third-order valence-corrected chi connectivity index (χ3v) is 3.75. The van der Waals surface area contributed by atoms with Gasteiger partial charge >= 0.3 is 12.3 Å². The maximum atomic E-state index is 12.6. The van der Waals surface area contributed by atoms with Gasteiger partial charge in [-0.2, -0.15) is 0 Å². The summed E-state index contributed by atoms with van der Waals surface area (Å²) in [5.41, 5.74) is 2.08. The Morgan fingerprint density at radius 1 is 1.12 bits per heavy atom. The minimum absolute atomic E-state index is 0.172. The SMILES string of the molecule is COC(=O)c1cc(Cc2ccccc2OC(F)(F)F)c2cc[nH]c2c1. The van der Waals surface area contributed by atoms with Gasteiger partial charge in [-0.05, 0) is 35.4 Å². The van der Waals surface area contributed by atoms with E-state index in [4.69, 9.17) is 4.74 Å². The Balaban J connectivity index is 2.04. The molecule has 0 saturated carbocycles. The molecule has 0 amide bonds. The Kier molecular flexibility index (Phi) is 4.39. The molecular weight excluding hydrogens is 335 g/mol. The molecule has 0 aliphatic carbocycles. The minimum atomic E-state index is -4.77. The van der Waals surface area contributed by atoms with Crippen LogP contribution in [0.4, 0.5) is 13.2 Å². The molecule has 0 unspecified atom stereocenters. The van der Waals surface area contributed by atoms with Crippen LogP contribution in [0.2, 0.25) is 0 Å². The number of nitrogens with one attached hydrogen (secondary N) is 1. The third kappa shape index (κ3) is 3.76. The molecule has 4 nitrogen and oxygen atoms in total. The van der Waals surface area contributed by atoms with Gasteiger partial charge in [0.2, 0.25) is 0 Å². The predicted molar refractivity (Wildman–Crippen MR) is 85.6 cm³/mol. The maximum absolute atomic E-state index is 12.6. The van der Waals surface area contributed by atoms with Crippen LogP contribution < -0.4 is 4.74 Å². The van der Waals surface area contributed by atoms with Crippen LogP contribution in [-0.2, 0) is 11.2 Å². The molecule has 0 fully saturated rings. The number of para-hydroxylation sites is 1. The number of esters is 1. The molecule has 0 atom stereocenters. The zero-order valence-electron chi connectivity index (χ0n) is 13.2. The highest BCUT2D eigenvalue weighted by atomic mass is 19.4. The van der Waals surface area contributed by atoms with Gasteiger partial charge in [-0.15, -0.1) is 13.2 Å². The molecular formula is C18H14F3NO3. The summed E-state index contributed by atoms with van der Waals surface area (Å²) >= 11 is 0. The van der Waals surface area contributed by atoms with Gasteiger partial charge in [-0.25, -0.2) is 4.79 Å². The molecule has 1 heterocycles. The molecule has 3 rings (SSSR count). The van der Waals surface area contributed by atoms with E-state index in [1.54, 1.807) is 36.5 Å². The molecule has 1 N–H and O–H groups in total. The van der Waals surface area contributed by atoms with Crippen LogP contribution in [0.25, 0.3) is 10.9 Å². The predicted octanol–water partition coefficient (Wildman–Crippen LogP) is 4.44. The smallest absolute Gasteiger partial charge is 0.465 e. The van der Waals surface area contributed by atoms with E-state index in [2.05, 4.69) is 9.72 Å². The van der Waals surface area contributed by atoms with E-state index in [1.165, 1.54) is 19.2 Å². The number of aromatic nitrogens is 1. The molecule has 130 valence electrons. The zero-order valence-corrected chi connectivity index (χ0v) is 13.2. The van der Waals surface area contributed by atoms with Crippen molar-refractivity contribution in [1.82, 2.24) is 4.98 Å². The first-order valence-corrected chi connectivity index (χ1v) is 7.39. The molecule has 0 saturated heterocycles. The van der Waals surface area contributed by atoms with Crippen LogP contribution in [0.1, 0.15) is 21.5 Å². The first kappa shape index (κ1) is 16.9. The van der Waals surface area contributed by atoms with Gasteiger partial charge in [-0.1, -0.05) is 18.2 Å². The summed E-state index contributed by atoms with van der Waals surface area (Å²) in [5, 5.41) is 0.814. The van der Waals surface area contributed by atoms with E-state index < -0.39 is 12.3 Å². The number of ether oxygens (including phenoxy) is 2. The lowest BCUT2D eigenvalue weighted by molar-refractivity contribution is -0.274. The second kappa shape index (κ2) is 6.51. The Morgan fingerprint density at radius 2 is 1.88 bits per heavy atom. The van der Waals surface area contributed by atoms with Crippen LogP contribution in [0.5, 0.6) is 5.75 Å². The molecule has 3 aromatic rings. The van der Waals surface area contributed by atoms with Crippen LogP contribution >= 0.6 is 0 Å². The zero-order chi connectivity index (χ0) is 18.0. The number of hydrogen-bond acceptors (Lipinski definition) is 3. The van der Waals surface area contributed by atoms with E-state index in [-0.39, 0.29) is 12.2 Å². The van der Waals surface area contributed by atoms with E-state index in [0.29, 0.717) is 22.2 Å². The van der Waals surface area contributed by atoms with Crippen molar-refractivity contribution in [2.45, 2.75) is 12.8 Å². The lowest BCUT2D eigenvalue weighted by Crippen LogP contribution is -2.18. The number of carbonyl (C=O) groups excluding carboxylic acids is 1. The van der Waals surface area contributed by atoms with E-state index in [9.17, 15) is 18.0 Å². The van der Waals surface area contributed by atoms with Crippen molar-refractivity contribution in [3.63, 3.8) is 0 Å². The summed E-state index contributed by atoms with van der Waals surface area (Å²) in [7, 11) is 1.27. The highest BCUT2D eigenvalue weighted by molar-refractivity contribution is 5.96. The maximum Gasteiger partial charge on any atom is 0.573 e. The Labute approximate surface area is 141 Å². The summed E-state index contributed by atoms with van der Waals surface area (Å²) in [6, 6.07) is 11.0. The summed E-state index contributed by atoms with van der Waals surface area (Å²) < 4.78 is 46.6. The number of methoxy groups -OCH3 is 1. The lowest BCUT2D eigenvalue weighted by atomic mass is 9.98. The Bertz CT molecular complexity index is 915. The molecule has 0 radical (unpaired) electrons. The second-order valence-electron chi connectivity index (χ2n) is 5.40.